The van der Waals surface area contributed by atoms with Crippen LogP contribution in [0.4, 0.5) is 9.59 Å². The average molecular weight is 821 g/mol. The van der Waals surface area contributed by atoms with Crippen molar-refractivity contribution >= 4 is 88.2 Å². The van der Waals surface area contributed by atoms with Crippen LogP contribution in [0.3, 0.4) is 0 Å². The van der Waals surface area contributed by atoms with E-state index >= 15 is 0 Å². The number of thiophene rings is 2. The van der Waals surface area contributed by atoms with Gasteiger partial charge in [0.25, 0.3) is 0 Å². The molecule has 0 bridgehead atoms. The third-order valence-corrected chi connectivity index (χ3v) is 10.5. The number of thiazole rings is 2. The van der Waals surface area contributed by atoms with E-state index in [-0.39, 0.29) is 43.4 Å². The largest absolute Gasteiger partial charge is 0.459 e. The van der Waals surface area contributed by atoms with Gasteiger partial charge in [0, 0.05) is 33.6 Å². The number of aromatic nitrogens is 2. The fourth-order valence-electron chi connectivity index (χ4n) is 4.56. The monoisotopic (exact) mass is 819 g/mol. The predicted octanol–water partition coefficient (Wildman–Crippen LogP) is 7.12. The van der Waals surface area contributed by atoms with E-state index in [0.29, 0.717) is 13.1 Å². The van der Waals surface area contributed by atoms with Crippen molar-refractivity contribution in [2.75, 3.05) is 19.6 Å². The first-order valence-electron chi connectivity index (χ1n) is 16.3. The van der Waals surface area contributed by atoms with Crippen molar-refractivity contribution in [1.29, 1.82) is 0 Å². The Bertz CT molecular complexity index is 1600. The molecule has 17 heteroatoms. The Morgan fingerprint density at radius 3 is 1.57 bits per heavy atom. The number of aryl methyl sites for hydroxylation is 8. The number of hydrazine groups is 1. The van der Waals surface area contributed by atoms with Gasteiger partial charge >= 0.3 is 18.0 Å². The van der Waals surface area contributed by atoms with Crippen LogP contribution < -0.4 is 27.2 Å². The standard InChI is InChI=1S/C20H29N3O3S2.C14H20N4OS2.2ClH/c1-14-23-16(13-27-14)7-8-17-10-15(12-28-17)6-5-9-21-19(25)22-11-18(24)26-20(2,3)4;1-10-17-12(9-20-10)4-5-13-7-11(8-21-13)3-2-6-16-14(19)18-15;;/h10,12-13H,5-9,11H2,1-4H3,(H2,21,22,25);7-9H,2-6,15H2,1H3,(H2,16,18,19);2*1H. The lowest BCUT2D eigenvalue weighted by Crippen LogP contribution is -2.40. The first-order valence-corrected chi connectivity index (χ1v) is 19.8. The maximum Gasteiger partial charge on any atom is 0.328 e. The average Bonchev–Trinajstić information content (AvgIpc) is 3.87. The van der Waals surface area contributed by atoms with Crippen LogP contribution in [-0.4, -0.2) is 53.2 Å². The third kappa shape index (κ3) is 20.1. The van der Waals surface area contributed by atoms with Crippen molar-refractivity contribution in [3.05, 3.63) is 75.9 Å². The molecule has 0 saturated heterocycles. The first-order chi connectivity index (χ1) is 23.4. The van der Waals surface area contributed by atoms with E-state index in [1.807, 2.05) is 19.3 Å². The molecular formula is C34H51Cl2N7O4S4. The van der Waals surface area contributed by atoms with Gasteiger partial charge in [-0.3, -0.25) is 10.2 Å². The molecule has 0 unspecified atom stereocenters. The Morgan fingerprint density at radius 2 is 1.16 bits per heavy atom. The number of halogens is 2. The van der Waals surface area contributed by atoms with Gasteiger partial charge in [0.2, 0.25) is 0 Å². The molecule has 4 rings (SSSR count). The van der Waals surface area contributed by atoms with Gasteiger partial charge in [0.05, 0.1) is 21.4 Å². The number of nitrogens with one attached hydrogen (secondary N) is 4. The quantitative estimate of drug-likeness (QED) is 0.0265. The summed E-state index contributed by atoms with van der Waals surface area (Å²) in [6, 6.07) is 3.81. The highest BCUT2D eigenvalue weighted by Crippen LogP contribution is 2.20. The van der Waals surface area contributed by atoms with E-state index in [9.17, 15) is 14.4 Å². The van der Waals surface area contributed by atoms with Gasteiger partial charge in [-0.05, 0) is 120 Å². The second kappa shape index (κ2) is 24.5. The van der Waals surface area contributed by atoms with Crippen LogP contribution >= 0.6 is 70.2 Å². The van der Waals surface area contributed by atoms with Crippen molar-refractivity contribution in [2.24, 2.45) is 5.84 Å². The van der Waals surface area contributed by atoms with Crippen molar-refractivity contribution in [2.45, 2.75) is 91.6 Å². The SMILES string of the molecule is Cc1nc(CCc2cc(CCCNC(=O)NCC(=O)OC(C)(C)C)cs2)cs1.Cc1nc(CCc2cc(CCCNC(=O)NN)cs2)cs1.Cl.Cl. The molecule has 0 fully saturated rings. The van der Waals surface area contributed by atoms with Crippen molar-refractivity contribution in [3.8, 4) is 0 Å². The molecule has 51 heavy (non-hydrogen) atoms. The number of urea groups is 2. The molecule has 284 valence electrons. The summed E-state index contributed by atoms with van der Waals surface area (Å²) in [6.07, 6.45) is 7.68. The number of nitrogens with two attached hydrogens (primary N) is 1. The van der Waals surface area contributed by atoms with Crippen LogP contribution in [0.15, 0.2) is 33.7 Å². The van der Waals surface area contributed by atoms with E-state index in [0.717, 1.165) is 61.4 Å². The molecule has 11 nitrogen and oxygen atoms in total. The van der Waals surface area contributed by atoms with Gasteiger partial charge in [0.1, 0.15) is 12.1 Å². The molecule has 0 radical (unpaired) electrons. The molecule has 0 saturated carbocycles. The lowest BCUT2D eigenvalue weighted by atomic mass is 10.1. The summed E-state index contributed by atoms with van der Waals surface area (Å²) in [7, 11) is 0. The van der Waals surface area contributed by atoms with Crippen LogP contribution in [0.1, 0.15) is 75.9 Å². The van der Waals surface area contributed by atoms with E-state index < -0.39 is 11.6 Å². The number of esters is 1. The molecule has 0 atom stereocenters. The van der Waals surface area contributed by atoms with E-state index in [1.165, 1.54) is 32.3 Å². The Labute approximate surface area is 329 Å². The summed E-state index contributed by atoms with van der Waals surface area (Å²) in [5.74, 6) is 4.54. The number of nitrogens with zero attached hydrogens (tertiary/aromatic N) is 2. The topological polar surface area (TPSA) is 160 Å². The van der Waals surface area contributed by atoms with Gasteiger partial charge in [-0.15, -0.1) is 70.2 Å². The van der Waals surface area contributed by atoms with Crippen molar-refractivity contribution in [3.63, 3.8) is 0 Å². The number of amides is 4. The minimum absolute atomic E-state index is 0. The van der Waals surface area contributed by atoms with Gasteiger partial charge < -0.3 is 20.7 Å². The molecule has 4 aromatic heterocycles. The minimum Gasteiger partial charge on any atom is -0.459 e. The highest BCUT2D eigenvalue weighted by Gasteiger charge is 2.16. The van der Waals surface area contributed by atoms with Crippen LogP contribution in [0, 0.1) is 13.8 Å². The number of ether oxygens (including phenoxy) is 1. The lowest BCUT2D eigenvalue weighted by molar-refractivity contribution is -0.153. The number of carbonyl (C=O) groups is 3. The maximum atomic E-state index is 11.7. The number of carbonyl (C=O) groups excluding carboxylic acids is 3. The zero-order chi connectivity index (χ0) is 35.6. The molecule has 4 amide bonds. The third-order valence-electron chi connectivity index (χ3n) is 6.80. The number of rotatable bonds is 16. The lowest BCUT2D eigenvalue weighted by Gasteiger charge is -2.19. The zero-order valence-corrected chi connectivity index (χ0v) is 34.7. The van der Waals surface area contributed by atoms with Gasteiger partial charge in [0.15, 0.2) is 0 Å². The molecule has 0 aliphatic heterocycles. The number of hydrogen-bond acceptors (Lipinski definition) is 11. The van der Waals surface area contributed by atoms with E-state index in [2.05, 4.69) is 59.6 Å². The molecule has 4 heterocycles. The van der Waals surface area contributed by atoms with Gasteiger partial charge in [-0.25, -0.2) is 25.4 Å². The van der Waals surface area contributed by atoms with Crippen molar-refractivity contribution < 1.29 is 19.1 Å². The fraction of sp³-hybridized carbons (Fsp3) is 0.500. The normalized spacial score (nSPS) is 10.5. The van der Waals surface area contributed by atoms with Crippen LogP contribution in [-0.2, 0) is 48.1 Å². The smallest absolute Gasteiger partial charge is 0.328 e. The maximum absolute atomic E-state index is 11.7. The molecule has 6 N–H and O–H groups in total. The number of hydrogen-bond donors (Lipinski definition) is 5. The van der Waals surface area contributed by atoms with E-state index in [1.54, 1.807) is 66.1 Å². The molecule has 0 aromatic carbocycles. The summed E-state index contributed by atoms with van der Waals surface area (Å²) >= 11 is 6.98. The highest BCUT2D eigenvalue weighted by atomic mass is 35.5. The highest BCUT2D eigenvalue weighted by molar-refractivity contribution is 7.10. The summed E-state index contributed by atoms with van der Waals surface area (Å²) < 4.78 is 5.14. The van der Waals surface area contributed by atoms with Crippen LogP contribution in [0.5, 0.6) is 0 Å². The molecule has 4 aromatic rings. The van der Waals surface area contributed by atoms with Gasteiger partial charge in [-0.2, -0.15) is 0 Å². The zero-order valence-electron chi connectivity index (χ0n) is 29.8. The summed E-state index contributed by atoms with van der Waals surface area (Å²) in [5.41, 5.74) is 6.48. The molecule has 0 aliphatic carbocycles. The van der Waals surface area contributed by atoms with Crippen LogP contribution in [0.2, 0.25) is 0 Å². The van der Waals surface area contributed by atoms with Crippen LogP contribution in [0.25, 0.3) is 0 Å². The predicted molar refractivity (Wildman–Crippen MR) is 216 cm³/mol. The Hall–Kier alpha value is -2.79. The fourth-order valence-corrected chi connectivity index (χ4v) is 7.71. The van der Waals surface area contributed by atoms with Gasteiger partial charge in [-0.1, -0.05) is 0 Å². The molecule has 0 spiro atoms. The molecular weight excluding hydrogens is 770 g/mol. The van der Waals surface area contributed by atoms with Crippen molar-refractivity contribution in [1.82, 2.24) is 31.3 Å². The van der Waals surface area contributed by atoms with E-state index in [4.69, 9.17) is 10.6 Å². The molecule has 0 aliphatic rings. The summed E-state index contributed by atoms with van der Waals surface area (Å²) in [5, 5.41) is 18.9. The second-order valence-electron chi connectivity index (χ2n) is 12.4. The summed E-state index contributed by atoms with van der Waals surface area (Å²) in [6.45, 7) is 10.5. The first kappa shape index (κ1) is 46.2. The second-order valence-corrected chi connectivity index (χ2v) is 16.5. The Balaban J connectivity index is 0.000000509. The summed E-state index contributed by atoms with van der Waals surface area (Å²) in [4.78, 5) is 45.9. The Morgan fingerprint density at radius 1 is 0.686 bits per heavy atom. The Kier molecular flexibility index (Phi) is 22.2. The minimum atomic E-state index is -0.548.